The molecule has 2 aromatic rings. The Bertz CT molecular complexity index is 620. The average molecular weight is 461 g/mol. The third-order valence-electron chi connectivity index (χ3n) is 3.50. The predicted molar refractivity (Wildman–Crippen MR) is 89.6 cm³/mol. The summed E-state index contributed by atoms with van der Waals surface area (Å²) in [4.78, 5) is 0. The van der Waals surface area contributed by atoms with Gasteiger partial charge in [-0.05, 0) is 0 Å². The molecule has 2 rings (SSSR count). The second-order valence-electron chi connectivity index (χ2n) is 4.79. The fourth-order valence-electron chi connectivity index (χ4n) is 2.21. The second-order valence-corrected chi connectivity index (χ2v) is 7.48. The maximum atomic E-state index is 5.56. The summed E-state index contributed by atoms with van der Waals surface area (Å²) in [6.07, 6.45) is 0. The molecule has 0 aliphatic heterocycles. The molecule has 138 valence electrons. The van der Waals surface area contributed by atoms with E-state index in [0.717, 1.165) is 7.14 Å². The Morgan fingerprint density at radius 2 is 0.760 bits per heavy atom. The van der Waals surface area contributed by atoms with E-state index >= 15 is 0 Å². The molecule has 0 spiro atoms. The standard InChI is InChI=1S/C18H22IO6/c1-20-11-7-13(22-3)17(14(8-11)23-4)19-18-15(24-5)9-12(21-2)10-16(18)25-6/h7-10H,1-6H3/q-1. The summed E-state index contributed by atoms with van der Waals surface area (Å²) in [5.74, 6) is 4.20. The minimum atomic E-state index is -0.731. The van der Waals surface area contributed by atoms with Gasteiger partial charge in [-0.1, -0.05) is 0 Å². The molecule has 0 aliphatic carbocycles. The quantitative estimate of drug-likeness (QED) is 0.511. The summed E-state index contributed by atoms with van der Waals surface area (Å²) in [7, 11) is 9.73. The van der Waals surface area contributed by atoms with Crippen LogP contribution in [0.25, 0.3) is 0 Å². The van der Waals surface area contributed by atoms with Gasteiger partial charge in [-0.15, -0.1) is 0 Å². The van der Waals surface area contributed by atoms with Gasteiger partial charge in [0.15, 0.2) is 0 Å². The van der Waals surface area contributed by atoms with Crippen molar-refractivity contribution in [3.63, 3.8) is 0 Å². The van der Waals surface area contributed by atoms with Crippen LogP contribution in [0, 0.1) is 7.14 Å². The van der Waals surface area contributed by atoms with Gasteiger partial charge in [0.2, 0.25) is 0 Å². The van der Waals surface area contributed by atoms with Gasteiger partial charge in [0.05, 0.1) is 0 Å². The van der Waals surface area contributed by atoms with Gasteiger partial charge < -0.3 is 0 Å². The van der Waals surface area contributed by atoms with Gasteiger partial charge in [0.25, 0.3) is 0 Å². The van der Waals surface area contributed by atoms with Crippen molar-refractivity contribution in [3.05, 3.63) is 31.4 Å². The first kappa shape index (κ1) is 19.3. The molecule has 7 heteroatoms. The molecule has 25 heavy (non-hydrogen) atoms. The fourth-order valence-corrected chi connectivity index (χ4v) is 5.31. The molecule has 0 bridgehead atoms. The number of halogens is 1. The number of hydrogen-bond acceptors (Lipinski definition) is 6. The topological polar surface area (TPSA) is 55.4 Å². The molecule has 0 aliphatic rings. The monoisotopic (exact) mass is 461 g/mol. The van der Waals surface area contributed by atoms with Crippen molar-refractivity contribution in [2.24, 2.45) is 0 Å². The Morgan fingerprint density at radius 3 is 0.960 bits per heavy atom. The molecule has 0 saturated heterocycles. The molecule has 0 radical (unpaired) electrons. The third kappa shape index (κ3) is 4.15. The first-order chi connectivity index (χ1) is 12.1. The van der Waals surface area contributed by atoms with Crippen LogP contribution in [-0.4, -0.2) is 42.7 Å². The summed E-state index contributed by atoms with van der Waals surface area (Å²) in [5, 5.41) is 0. The van der Waals surface area contributed by atoms with Crippen LogP contribution in [0.3, 0.4) is 0 Å². The van der Waals surface area contributed by atoms with Crippen molar-refractivity contribution in [1.29, 1.82) is 0 Å². The molecule has 0 fully saturated rings. The number of benzene rings is 2. The van der Waals surface area contributed by atoms with E-state index in [0.29, 0.717) is 34.5 Å². The van der Waals surface area contributed by atoms with E-state index in [4.69, 9.17) is 28.4 Å². The molecule has 0 unspecified atom stereocenters. The Labute approximate surface area is 158 Å². The summed E-state index contributed by atoms with van der Waals surface area (Å²) in [6.45, 7) is 0. The molecule has 0 saturated carbocycles. The second kappa shape index (κ2) is 8.89. The molecule has 2 aromatic carbocycles. The van der Waals surface area contributed by atoms with Crippen molar-refractivity contribution in [2.75, 3.05) is 42.7 Å². The molecule has 0 aromatic heterocycles. The van der Waals surface area contributed by atoms with Crippen molar-refractivity contribution in [3.8, 4) is 34.5 Å². The third-order valence-corrected chi connectivity index (χ3v) is 6.70. The number of hydrogen-bond donors (Lipinski definition) is 0. The summed E-state index contributed by atoms with van der Waals surface area (Å²) >= 11 is -0.731. The van der Waals surface area contributed by atoms with Crippen LogP contribution in [-0.2, 0) is 0 Å². The molecule has 6 nitrogen and oxygen atoms in total. The predicted octanol–water partition coefficient (Wildman–Crippen LogP) is -0.133. The van der Waals surface area contributed by atoms with Crippen LogP contribution < -0.4 is 49.6 Å². The van der Waals surface area contributed by atoms with Gasteiger partial charge in [-0.2, -0.15) is 0 Å². The number of rotatable bonds is 8. The Kier molecular flexibility index (Phi) is 6.86. The Morgan fingerprint density at radius 1 is 0.480 bits per heavy atom. The summed E-state index contributed by atoms with van der Waals surface area (Å²) < 4.78 is 34.8. The average Bonchev–Trinajstić information content (AvgIpc) is 2.67. The summed E-state index contributed by atoms with van der Waals surface area (Å²) in [5.41, 5.74) is 0. The van der Waals surface area contributed by atoms with Crippen LogP contribution in [0.2, 0.25) is 0 Å². The van der Waals surface area contributed by atoms with Crippen LogP contribution in [0.5, 0.6) is 34.5 Å². The van der Waals surface area contributed by atoms with E-state index in [-0.39, 0.29) is 0 Å². The Hall–Kier alpha value is -2.03. The van der Waals surface area contributed by atoms with Gasteiger partial charge in [-0.25, -0.2) is 0 Å². The minimum absolute atomic E-state index is 0.676. The zero-order valence-corrected chi connectivity index (χ0v) is 17.3. The molecule has 0 heterocycles. The van der Waals surface area contributed by atoms with Gasteiger partial charge in [0.1, 0.15) is 0 Å². The van der Waals surface area contributed by atoms with Gasteiger partial charge in [-0.3, -0.25) is 0 Å². The maximum absolute atomic E-state index is 5.56. The van der Waals surface area contributed by atoms with Crippen molar-refractivity contribution in [1.82, 2.24) is 0 Å². The van der Waals surface area contributed by atoms with E-state index in [1.165, 1.54) is 0 Å². The van der Waals surface area contributed by atoms with E-state index in [9.17, 15) is 0 Å². The first-order valence-corrected chi connectivity index (χ1v) is 9.52. The van der Waals surface area contributed by atoms with Crippen LogP contribution >= 0.6 is 0 Å². The fraction of sp³-hybridized carbons (Fsp3) is 0.333. The molecular formula is C18H22IO6-. The zero-order chi connectivity index (χ0) is 18.4. The first-order valence-electron chi connectivity index (χ1n) is 7.36. The van der Waals surface area contributed by atoms with Gasteiger partial charge in [0, 0.05) is 0 Å². The van der Waals surface area contributed by atoms with Crippen LogP contribution in [0.4, 0.5) is 0 Å². The zero-order valence-electron chi connectivity index (χ0n) is 15.1. The normalized spacial score (nSPS) is 10.3. The molecule has 0 atom stereocenters. The van der Waals surface area contributed by atoms with Crippen LogP contribution in [0.15, 0.2) is 24.3 Å². The van der Waals surface area contributed by atoms with Crippen molar-refractivity contribution in [2.45, 2.75) is 0 Å². The molecule has 0 N–H and O–H groups in total. The SMILES string of the molecule is COc1cc(OC)c([I-]c2c(OC)cc(OC)cc2OC)c(OC)c1. The van der Waals surface area contributed by atoms with E-state index in [2.05, 4.69) is 0 Å². The van der Waals surface area contributed by atoms with Gasteiger partial charge >= 0.3 is 158 Å². The Balaban J connectivity index is 2.59. The van der Waals surface area contributed by atoms with Crippen LogP contribution in [0.1, 0.15) is 0 Å². The molecular weight excluding hydrogens is 439 g/mol. The van der Waals surface area contributed by atoms with E-state index in [1.807, 2.05) is 24.3 Å². The number of methoxy groups -OCH3 is 6. The van der Waals surface area contributed by atoms with Crippen molar-refractivity contribution < 1.29 is 49.6 Å². The van der Waals surface area contributed by atoms with Crippen molar-refractivity contribution >= 4 is 0 Å². The van der Waals surface area contributed by atoms with E-state index < -0.39 is 21.2 Å². The number of ether oxygens (including phenoxy) is 6. The van der Waals surface area contributed by atoms with E-state index in [1.54, 1.807) is 42.7 Å². The summed E-state index contributed by atoms with van der Waals surface area (Å²) in [6, 6.07) is 7.39. The molecule has 0 amide bonds.